The predicted molar refractivity (Wildman–Crippen MR) is 66.3 cm³/mol. The molecular formula is C9H10N4O2S2. The molecule has 3 N–H and O–H groups in total. The van der Waals surface area contributed by atoms with Crippen LogP contribution in [0, 0.1) is 6.92 Å². The Morgan fingerprint density at radius 1 is 1.35 bits per heavy atom. The zero-order valence-corrected chi connectivity index (χ0v) is 10.5. The Kier molecular flexibility index (Phi) is 2.99. The fraction of sp³-hybridized carbons (Fsp3) is 0.111. The summed E-state index contributed by atoms with van der Waals surface area (Å²) in [6.07, 6.45) is 0. The molecule has 0 aliphatic heterocycles. The highest BCUT2D eigenvalue weighted by molar-refractivity contribution is 7.93. The third-order valence-electron chi connectivity index (χ3n) is 1.97. The molecule has 0 saturated heterocycles. The summed E-state index contributed by atoms with van der Waals surface area (Å²) in [5.41, 5.74) is 8.24. The van der Waals surface area contributed by atoms with Gasteiger partial charge in [0.25, 0.3) is 10.0 Å². The topological polar surface area (TPSA) is 98.0 Å². The first-order valence-electron chi connectivity index (χ1n) is 4.63. The van der Waals surface area contributed by atoms with E-state index in [-0.39, 0.29) is 10.0 Å². The van der Waals surface area contributed by atoms with Gasteiger partial charge < -0.3 is 5.73 Å². The molecule has 1 aromatic carbocycles. The van der Waals surface area contributed by atoms with E-state index in [1.807, 2.05) is 0 Å². The number of aromatic nitrogens is 2. The summed E-state index contributed by atoms with van der Waals surface area (Å²) >= 11 is 1.11. The molecule has 0 fully saturated rings. The maximum atomic E-state index is 12.0. The lowest BCUT2D eigenvalue weighted by molar-refractivity contribution is 0.601. The molecular weight excluding hydrogens is 260 g/mol. The third kappa shape index (κ3) is 2.71. The lowest BCUT2D eigenvalue weighted by Crippen LogP contribution is -2.13. The first kappa shape index (κ1) is 11.8. The Balaban J connectivity index is 2.38. The van der Waals surface area contributed by atoms with Gasteiger partial charge in [0.2, 0.25) is 5.13 Å². The van der Waals surface area contributed by atoms with E-state index in [1.165, 1.54) is 11.6 Å². The van der Waals surface area contributed by atoms with E-state index < -0.39 is 10.0 Å². The Morgan fingerprint density at radius 2 is 2.12 bits per heavy atom. The van der Waals surface area contributed by atoms with Gasteiger partial charge in [0, 0.05) is 5.69 Å². The van der Waals surface area contributed by atoms with Gasteiger partial charge in [-0.2, -0.15) is 0 Å². The molecule has 90 valence electrons. The van der Waals surface area contributed by atoms with E-state index in [1.54, 1.807) is 19.1 Å². The largest absolute Gasteiger partial charge is 0.399 e. The third-order valence-corrected chi connectivity index (χ3v) is 4.02. The van der Waals surface area contributed by atoms with Gasteiger partial charge in [-0.15, -0.1) is 10.2 Å². The van der Waals surface area contributed by atoms with Crippen molar-refractivity contribution in [2.24, 2.45) is 0 Å². The van der Waals surface area contributed by atoms with Crippen molar-refractivity contribution in [2.45, 2.75) is 11.8 Å². The summed E-state index contributed by atoms with van der Waals surface area (Å²) < 4.78 is 26.3. The van der Waals surface area contributed by atoms with Gasteiger partial charge in [-0.25, -0.2) is 8.42 Å². The second-order valence-corrected chi connectivity index (χ2v) is 5.94. The van der Waals surface area contributed by atoms with Crippen molar-refractivity contribution in [2.75, 3.05) is 10.5 Å². The maximum absolute atomic E-state index is 12.0. The Labute approximate surface area is 103 Å². The number of nitrogens with zero attached hydrogens (tertiary/aromatic N) is 2. The number of anilines is 2. The number of nitrogens with two attached hydrogens (primary N) is 1. The van der Waals surface area contributed by atoms with E-state index >= 15 is 0 Å². The van der Waals surface area contributed by atoms with Crippen molar-refractivity contribution >= 4 is 32.2 Å². The van der Waals surface area contributed by atoms with Gasteiger partial charge in [0.05, 0.1) is 4.90 Å². The molecule has 0 aliphatic rings. The minimum atomic E-state index is -3.65. The molecule has 0 saturated carbocycles. The number of nitrogens with one attached hydrogen (secondary N) is 1. The van der Waals surface area contributed by atoms with Crippen LogP contribution in [-0.2, 0) is 10.0 Å². The van der Waals surface area contributed by atoms with Crippen LogP contribution in [0.4, 0.5) is 10.8 Å². The zero-order chi connectivity index (χ0) is 12.5. The molecule has 0 aliphatic carbocycles. The number of aryl methyl sites for hydroxylation is 1. The van der Waals surface area contributed by atoms with Gasteiger partial charge in [-0.3, -0.25) is 4.72 Å². The van der Waals surface area contributed by atoms with E-state index in [4.69, 9.17) is 5.73 Å². The lowest BCUT2D eigenvalue weighted by atomic mass is 10.2. The van der Waals surface area contributed by atoms with Crippen LogP contribution >= 0.6 is 11.3 Å². The van der Waals surface area contributed by atoms with Gasteiger partial charge in [-0.05, 0) is 30.7 Å². The number of benzene rings is 1. The number of hydrogen-bond acceptors (Lipinski definition) is 6. The maximum Gasteiger partial charge on any atom is 0.263 e. The van der Waals surface area contributed by atoms with Crippen LogP contribution in [0.3, 0.4) is 0 Å². The number of hydrogen-bond donors (Lipinski definition) is 2. The van der Waals surface area contributed by atoms with Crippen molar-refractivity contribution in [3.63, 3.8) is 0 Å². The van der Waals surface area contributed by atoms with Crippen molar-refractivity contribution in [1.29, 1.82) is 0 Å². The highest BCUT2D eigenvalue weighted by Crippen LogP contribution is 2.20. The summed E-state index contributed by atoms with van der Waals surface area (Å²) in [6.45, 7) is 1.78. The van der Waals surface area contributed by atoms with Crippen LogP contribution < -0.4 is 10.5 Å². The average Bonchev–Trinajstić information content (AvgIpc) is 2.68. The zero-order valence-electron chi connectivity index (χ0n) is 8.91. The number of rotatable bonds is 3. The van der Waals surface area contributed by atoms with Crippen molar-refractivity contribution in [1.82, 2.24) is 10.2 Å². The summed E-state index contributed by atoms with van der Waals surface area (Å²) in [5.74, 6) is 0. The van der Waals surface area contributed by atoms with Gasteiger partial charge in [0.15, 0.2) is 0 Å². The first-order valence-corrected chi connectivity index (χ1v) is 7.00. The molecule has 1 heterocycles. The second kappa shape index (κ2) is 4.30. The molecule has 6 nitrogen and oxygen atoms in total. The minimum absolute atomic E-state index is 0.116. The standard InChI is InChI=1S/C9H10N4O2S2/c1-6-2-7(10)4-8(3-6)17(14,15)13-9-12-11-5-16-9/h2-5H,10H2,1H3,(H,12,13). The van der Waals surface area contributed by atoms with Gasteiger partial charge in [0.1, 0.15) is 5.51 Å². The van der Waals surface area contributed by atoms with E-state index in [0.29, 0.717) is 5.69 Å². The summed E-state index contributed by atoms with van der Waals surface area (Å²) in [5, 5.41) is 7.40. The van der Waals surface area contributed by atoms with Crippen LogP contribution in [0.2, 0.25) is 0 Å². The molecule has 0 radical (unpaired) electrons. The summed E-state index contributed by atoms with van der Waals surface area (Å²) in [4.78, 5) is 0.116. The molecule has 1 aromatic heterocycles. The number of sulfonamides is 1. The normalized spacial score (nSPS) is 11.4. The molecule has 8 heteroatoms. The molecule has 2 rings (SSSR count). The average molecular weight is 270 g/mol. The lowest BCUT2D eigenvalue weighted by Gasteiger charge is -2.06. The van der Waals surface area contributed by atoms with Crippen LogP contribution in [0.25, 0.3) is 0 Å². The fourth-order valence-corrected chi connectivity index (χ4v) is 3.15. The summed E-state index contributed by atoms with van der Waals surface area (Å²) in [7, 11) is -3.65. The van der Waals surface area contributed by atoms with Crippen LogP contribution in [0.5, 0.6) is 0 Å². The summed E-state index contributed by atoms with van der Waals surface area (Å²) in [6, 6.07) is 4.64. The fourth-order valence-electron chi connectivity index (χ4n) is 1.32. The quantitative estimate of drug-likeness (QED) is 0.817. The predicted octanol–water partition coefficient (Wildman–Crippen LogP) is 1.23. The molecule has 0 unspecified atom stereocenters. The number of nitrogen functional groups attached to an aromatic ring is 1. The Bertz CT molecular complexity index is 602. The van der Waals surface area contributed by atoms with Crippen LogP contribution in [0.15, 0.2) is 28.6 Å². The van der Waals surface area contributed by atoms with Gasteiger partial charge in [-0.1, -0.05) is 11.3 Å². The SMILES string of the molecule is Cc1cc(N)cc(S(=O)(=O)Nc2nncs2)c1. The van der Waals surface area contributed by atoms with E-state index in [0.717, 1.165) is 16.9 Å². The molecule has 0 bridgehead atoms. The smallest absolute Gasteiger partial charge is 0.263 e. The first-order chi connectivity index (χ1) is 7.97. The van der Waals surface area contributed by atoms with Gasteiger partial charge >= 0.3 is 0 Å². The van der Waals surface area contributed by atoms with Crippen molar-refractivity contribution < 1.29 is 8.42 Å². The Morgan fingerprint density at radius 3 is 2.71 bits per heavy atom. The molecule has 2 aromatic rings. The van der Waals surface area contributed by atoms with Crippen LogP contribution in [0.1, 0.15) is 5.56 Å². The molecule has 17 heavy (non-hydrogen) atoms. The van der Waals surface area contributed by atoms with E-state index in [2.05, 4.69) is 14.9 Å². The second-order valence-electron chi connectivity index (χ2n) is 3.43. The van der Waals surface area contributed by atoms with Crippen LogP contribution in [-0.4, -0.2) is 18.6 Å². The molecule has 0 spiro atoms. The van der Waals surface area contributed by atoms with Crippen molar-refractivity contribution in [3.8, 4) is 0 Å². The van der Waals surface area contributed by atoms with E-state index in [9.17, 15) is 8.42 Å². The molecule has 0 atom stereocenters. The monoisotopic (exact) mass is 270 g/mol. The van der Waals surface area contributed by atoms with Crippen molar-refractivity contribution in [3.05, 3.63) is 29.3 Å². The highest BCUT2D eigenvalue weighted by Gasteiger charge is 2.16. The highest BCUT2D eigenvalue weighted by atomic mass is 32.2. The minimum Gasteiger partial charge on any atom is -0.399 e. The Hall–Kier alpha value is -1.67. The molecule has 0 amide bonds.